The third-order valence-electron chi connectivity index (χ3n) is 3.32. The molecule has 4 heteroatoms. The minimum atomic E-state index is -0.437. The molecule has 4 nitrogen and oxygen atoms in total. The van der Waals surface area contributed by atoms with Gasteiger partial charge in [-0.05, 0) is 38.1 Å². The molecule has 0 bridgehead atoms. The van der Waals surface area contributed by atoms with E-state index in [1.807, 2.05) is 44.2 Å². The fourth-order valence-corrected chi connectivity index (χ4v) is 2.38. The van der Waals surface area contributed by atoms with Gasteiger partial charge in [0.25, 0.3) is 5.56 Å². The number of benzene rings is 1. The van der Waals surface area contributed by atoms with Gasteiger partial charge in [-0.15, -0.1) is 0 Å². The monoisotopic (exact) mass is 257 g/mol. The maximum Gasteiger partial charge on any atom is 0.263 e. The zero-order valence-corrected chi connectivity index (χ0v) is 10.9. The summed E-state index contributed by atoms with van der Waals surface area (Å²) in [7, 11) is 0. The molecule has 1 aliphatic heterocycles. The van der Waals surface area contributed by atoms with Crippen LogP contribution in [0, 0.1) is 0 Å². The first-order valence-corrected chi connectivity index (χ1v) is 6.18. The number of aliphatic hydroxyl groups is 1. The molecule has 3 rings (SSSR count). The van der Waals surface area contributed by atoms with E-state index in [1.165, 1.54) is 4.57 Å². The van der Waals surface area contributed by atoms with Crippen LogP contribution in [-0.4, -0.2) is 15.3 Å². The first-order chi connectivity index (χ1) is 9.03. The summed E-state index contributed by atoms with van der Waals surface area (Å²) in [6.45, 7) is 3.54. The topological polar surface area (TPSA) is 51.5 Å². The number of hydrogen-bond acceptors (Lipinski definition) is 3. The zero-order valence-electron chi connectivity index (χ0n) is 10.9. The van der Waals surface area contributed by atoms with Crippen molar-refractivity contribution in [2.45, 2.75) is 26.2 Å². The molecule has 0 radical (unpaired) electrons. The number of ether oxygens (including phenoxy) is 1. The fourth-order valence-electron chi connectivity index (χ4n) is 2.38. The Hall–Kier alpha value is -2.07. The average molecular weight is 257 g/mol. The lowest BCUT2D eigenvalue weighted by atomic mass is 10.0. The standard InChI is InChI=1S/C15H15NO3/c1-15(2)8-7-11-13(19-15)10-5-3-4-6-12(10)16(9-17)14(11)18/h3-8,17H,9H2,1-2H3. The molecule has 1 aromatic heterocycles. The second-order valence-corrected chi connectivity index (χ2v) is 5.17. The van der Waals surface area contributed by atoms with Crippen LogP contribution >= 0.6 is 0 Å². The molecular formula is C15H15NO3. The van der Waals surface area contributed by atoms with E-state index in [1.54, 1.807) is 6.08 Å². The van der Waals surface area contributed by atoms with Gasteiger partial charge in [0.2, 0.25) is 0 Å². The van der Waals surface area contributed by atoms with Crippen LogP contribution in [0.4, 0.5) is 0 Å². The van der Waals surface area contributed by atoms with Gasteiger partial charge >= 0.3 is 0 Å². The summed E-state index contributed by atoms with van der Waals surface area (Å²) >= 11 is 0. The van der Waals surface area contributed by atoms with Gasteiger partial charge in [0, 0.05) is 5.39 Å². The molecule has 0 fully saturated rings. The van der Waals surface area contributed by atoms with E-state index < -0.39 is 5.60 Å². The third-order valence-corrected chi connectivity index (χ3v) is 3.32. The van der Waals surface area contributed by atoms with Gasteiger partial charge in [0.1, 0.15) is 18.1 Å². The molecule has 0 atom stereocenters. The number of para-hydroxylation sites is 1. The van der Waals surface area contributed by atoms with Crippen molar-refractivity contribution in [3.05, 3.63) is 46.3 Å². The van der Waals surface area contributed by atoms with Crippen molar-refractivity contribution >= 4 is 17.0 Å². The molecule has 0 amide bonds. The van der Waals surface area contributed by atoms with Crippen molar-refractivity contribution < 1.29 is 9.84 Å². The summed E-state index contributed by atoms with van der Waals surface area (Å²) in [5.41, 5.74) is 0.503. The summed E-state index contributed by atoms with van der Waals surface area (Å²) in [6.07, 6.45) is 3.63. The highest BCUT2D eigenvalue weighted by atomic mass is 16.5. The molecule has 2 heterocycles. The maximum absolute atomic E-state index is 12.3. The number of aliphatic hydroxyl groups excluding tert-OH is 1. The van der Waals surface area contributed by atoms with E-state index in [2.05, 4.69) is 0 Å². The van der Waals surface area contributed by atoms with Gasteiger partial charge in [-0.2, -0.15) is 0 Å². The fraction of sp³-hybridized carbons (Fsp3) is 0.267. The summed E-state index contributed by atoms with van der Waals surface area (Å²) in [5.74, 6) is 0.595. The molecule has 1 N–H and O–H groups in total. The molecule has 0 saturated carbocycles. The molecule has 19 heavy (non-hydrogen) atoms. The Morgan fingerprint density at radius 1 is 1.32 bits per heavy atom. The van der Waals surface area contributed by atoms with Crippen LogP contribution in [0.5, 0.6) is 5.75 Å². The van der Waals surface area contributed by atoms with Gasteiger partial charge in [0.15, 0.2) is 0 Å². The van der Waals surface area contributed by atoms with E-state index >= 15 is 0 Å². The number of aromatic nitrogens is 1. The van der Waals surface area contributed by atoms with Crippen LogP contribution in [-0.2, 0) is 6.73 Å². The highest BCUT2D eigenvalue weighted by molar-refractivity contribution is 5.89. The lowest BCUT2D eigenvalue weighted by Crippen LogP contribution is -2.32. The van der Waals surface area contributed by atoms with E-state index in [0.717, 1.165) is 5.39 Å². The highest BCUT2D eigenvalue weighted by Gasteiger charge is 2.26. The summed E-state index contributed by atoms with van der Waals surface area (Å²) in [6, 6.07) is 7.44. The first-order valence-electron chi connectivity index (χ1n) is 6.18. The average Bonchev–Trinajstić information content (AvgIpc) is 2.38. The van der Waals surface area contributed by atoms with Gasteiger partial charge < -0.3 is 9.84 Å². The molecular weight excluding hydrogens is 242 g/mol. The van der Waals surface area contributed by atoms with Crippen LogP contribution < -0.4 is 10.3 Å². The van der Waals surface area contributed by atoms with Crippen molar-refractivity contribution in [3.8, 4) is 5.75 Å². The quantitative estimate of drug-likeness (QED) is 0.851. The van der Waals surface area contributed by atoms with E-state index in [9.17, 15) is 9.90 Å². The molecule has 1 aliphatic rings. The van der Waals surface area contributed by atoms with Crippen molar-refractivity contribution in [1.29, 1.82) is 0 Å². The smallest absolute Gasteiger partial charge is 0.263 e. The van der Waals surface area contributed by atoms with Crippen LogP contribution in [0.1, 0.15) is 19.4 Å². The minimum Gasteiger partial charge on any atom is -0.482 e. The van der Waals surface area contributed by atoms with Crippen LogP contribution in [0.2, 0.25) is 0 Å². The Bertz CT molecular complexity index is 741. The van der Waals surface area contributed by atoms with Gasteiger partial charge in [-0.1, -0.05) is 12.1 Å². The predicted octanol–water partition coefficient (Wildman–Crippen LogP) is 2.14. The Balaban J connectivity index is 2.46. The van der Waals surface area contributed by atoms with Crippen molar-refractivity contribution in [3.63, 3.8) is 0 Å². The number of pyridine rings is 1. The second kappa shape index (κ2) is 3.96. The zero-order chi connectivity index (χ0) is 13.6. The van der Waals surface area contributed by atoms with Crippen molar-refractivity contribution in [1.82, 2.24) is 4.57 Å². The predicted molar refractivity (Wildman–Crippen MR) is 74.2 cm³/mol. The molecule has 0 saturated heterocycles. The molecule has 2 aromatic rings. The lowest BCUT2D eigenvalue weighted by Gasteiger charge is -2.29. The lowest BCUT2D eigenvalue weighted by molar-refractivity contribution is 0.160. The van der Waals surface area contributed by atoms with Gasteiger partial charge in [-0.3, -0.25) is 9.36 Å². The number of nitrogens with zero attached hydrogens (tertiary/aromatic N) is 1. The summed E-state index contributed by atoms with van der Waals surface area (Å²) < 4.78 is 7.28. The number of rotatable bonds is 1. The largest absolute Gasteiger partial charge is 0.482 e. The number of hydrogen-bond donors (Lipinski definition) is 1. The van der Waals surface area contributed by atoms with E-state index in [-0.39, 0.29) is 12.3 Å². The van der Waals surface area contributed by atoms with Gasteiger partial charge in [0.05, 0.1) is 11.1 Å². The molecule has 98 valence electrons. The van der Waals surface area contributed by atoms with Gasteiger partial charge in [-0.25, -0.2) is 0 Å². The minimum absolute atomic E-state index is 0.233. The van der Waals surface area contributed by atoms with Crippen molar-refractivity contribution in [2.75, 3.05) is 0 Å². The Labute approximate surface area is 110 Å². The van der Waals surface area contributed by atoms with E-state index in [0.29, 0.717) is 16.8 Å². The SMILES string of the molecule is CC1(C)C=Cc2c(c3ccccc3n(CO)c2=O)O1. The second-order valence-electron chi connectivity index (χ2n) is 5.17. The van der Waals surface area contributed by atoms with Crippen LogP contribution in [0.25, 0.3) is 17.0 Å². The number of fused-ring (bicyclic) bond motifs is 3. The maximum atomic E-state index is 12.3. The normalized spacial score (nSPS) is 16.2. The Morgan fingerprint density at radius 3 is 2.79 bits per heavy atom. The Morgan fingerprint density at radius 2 is 2.05 bits per heavy atom. The van der Waals surface area contributed by atoms with E-state index in [4.69, 9.17) is 4.74 Å². The van der Waals surface area contributed by atoms with Crippen molar-refractivity contribution in [2.24, 2.45) is 0 Å². The summed E-state index contributed by atoms with van der Waals surface area (Å²) in [5, 5.41) is 10.3. The first kappa shape index (κ1) is 12.0. The molecule has 0 spiro atoms. The van der Waals surface area contributed by atoms with Crippen LogP contribution in [0.3, 0.4) is 0 Å². The highest BCUT2D eigenvalue weighted by Crippen LogP contribution is 2.35. The molecule has 0 unspecified atom stereocenters. The summed E-state index contributed by atoms with van der Waals surface area (Å²) in [4.78, 5) is 12.3. The Kier molecular flexibility index (Phi) is 2.50. The molecule has 1 aromatic carbocycles. The molecule has 0 aliphatic carbocycles. The third kappa shape index (κ3) is 1.76. The van der Waals surface area contributed by atoms with Crippen LogP contribution in [0.15, 0.2) is 35.1 Å².